The van der Waals surface area contributed by atoms with Crippen LogP contribution in [0.25, 0.3) is 11.1 Å². The maximum Gasteiger partial charge on any atom is 0.153 e. The Morgan fingerprint density at radius 2 is 1.84 bits per heavy atom. The quantitative estimate of drug-likeness (QED) is 0.780. The molecule has 0 saturated carbocycles. The minimum absolute atomic E-state index is 0.0744. The van der Waals surface area contributed by atoms with E-state index < -0.39 is 5.82 Å². The SMILES string of the molecule is COc1cc(C)c(-c2ccc(F)c(C=O)c2)cc1C. The molecule has 0 N–H and O–H groups in total. The monoisotopic (exact) mass is 258 g/mol. The molecule has 0 amide bonds. The predicted molar refractivity (Wildman–Crippen MR) is 73.2 cm³/mol. The third kappa shape index (κ3) is 2.50. The second kappa shape index (κ2) is 5.22. The minimum atomic E-state index is -0.498. The lowest BCUT2D eigenvalue weighted by atomic mass is 9.96. The number of aldehydes is 1. The molecule has 0 heterocycles. The molecule has 0 aliphatic heterocycles. The summed E-state index contributed by atoms with van der Waals surface area (Å²) in [5.41, 5.74) is 3.89. The van der Waals surface area contributed by atoms with Crippen LogP contribution in [0.15, 0.2) is 30.3 Å². The smallest absolute Gasteiger partial charge is 0.153 e. The highest BCUT2D eigenvalue weighted by molar-refractivity contribution is 5.80. The van der Waals surface area contributed by atoms with E-state index in [2.05, 4.69) is 0 Å². The molecule has 98 valence electrons. The Balaban J connectivity index is 2.59. The number of ether oxygens (including phenoxy) is 1. The predicted octanol–water partition coefficient (Wildman–Crippen LogP) is 3.93. The lowest BCUT2D eigenvalue weighted by molar-refractivity contribution is 0.112. The van der Waals surface area contributed by atoms with E-state index >= 15 is 0 Å². The summed E-state index contributed by atoms with van der Waals surface area (Å²) in [6.07, 6.45) is 0.532. The summed E-state index contributed by atoms with van der Waals surface area (Å²) in [7, 11) is 1.63. The van der Waals surface area contributed by atoms with Crippen LogP contribution in [0.3, 0.4) is 0 Å². The van der Waals surface area contributed by atoms with E-state index in [-0.39, 0.29) is 5.56 Å². The van der Waals surface area contributed by atoms with E-state index in [1.54, 1.807) is 19.2 Å². The second-order valence-corrected chi connectivity index (χ2v) is 4.49. The topological polar surface area (TPSA) is 26.3 Å². The summed E-state index contributed by atoms with van der Waals surface area (Å²) in [5.74, 6) is 0.320. The summed E-state index contributed by atoms with van der Waals surface area (Å²) in [5, 5.41) is 0. The van der Waals surface area contributed by atoms with Gasteiger partial charge in [0.05, 0.1) is 12.7 Å². The zero-order valence-electron chi connectivity index (χ0n) is 11.2. The van der Waals surface area contributed by atoms with Crippen molar-refractivity contribution >= 4 is 6.29 Å². The Hall–Kier alpha value is -2.16. The van der Waals surface area contributed by atoms with E-state index in [0.717, 1.165) is 28.0 Å². The van der Waals surface area contributed by atoms with Crippen LogP contribution in [0.4, 0.5) is 4.39 Å². The van der Waals surface area contributed by atoms with Crippen LogP contribution in [-0.2, 0) is 0 Å². The average Bonchev–Trinajstić information content (AvgIpc) is 2.41. The Labute approximate surface area is 111 Å². The summed E-state index contributed by atoms with van der Waals surface area (Å²) < 4.78 is 18.6. The number of carbonyl (C=O) groups is 1. The second-order valence-electron chi connectivity index (χ2n) is 4.49. The average molecular weight is 258 g/mol. The van der Waals surface area contributed by atoms with Crippen LogP contribution in [0.1, 0.15) is 21.5 Å². The first-order valence-electron chi connectivity index (χ1n) is 5.97. The number of benzene rings is 2. The fraction of sp³-hybridized carbons (Fsp3) is 0.188. The zero-order chi connectivity index (χ0) is 14.0. The van der Waals surface area contributed by atoms with Gasteiger partial charge in [-0.05, 0) is 60.4 Å². The molecule has 0 fully saturated rings. The van der Waals surface area contributed by atoms with Crippen LogP contribution in [0, 0.1) is 19.7 Å². The van der Waals surface area contributed by atoms with Gasteiger partial charge in [0.25, 0.3) is 0 Å². The number of aryl methyl sites for hydroxylation is 2. The number of hydrogen-bond acceptors (Lipinski definition) is 2. The molecule has 0 spiro atoms. The molecule has 0 aliphatic rings. The molecule has 19 heavy (non-hydrogen) atoms. The Kier molecular flexibility index (Phi) is 3.65. The minimum Gasteiger partial charge on any atom is -0.496 e. The number of methoxy groups -OCH3 is 1. The molecule has 2 aromatic carbocycles. The van der Waals surface area contributed by atoms with Gasteiger partial charge in [0.2, 0.25) is 0 Å². The summed E-state index contributed by atoms with van der Waals surface area (Å²) in [4.78, 5) is 10.8. The van der Waals surface area contributed by atoms with Crippen molar-refractivity contribution in [1.82, 2.24) is 0 Å². The van der Waals surface area contributed by atoms with Gasteiger partial charge in [-0.1, -0.05) is 6.07 Å². The molecular formula is C16H15FO2. The van der Waals surface area contributed by atoms with Crippen molar-refractivity contribution in [3.63, 3.8) is 0 Å². The van der Waals surface area contributed by atoms with Crippen molar-refractivity contribution in [2.24, 2.45) is 0 Å². The van der Waals surface area contributed by atoms with Crippen LogP contribution >= 0.6 is 0 Å². The molecule has 2 rings (SSSR count). The van der Waals surface area contributed by atoms with Gasteiger partial charge in [0.15, 0.2) is 6.29 Å². The van der Waals surface area contributed by atoms with E-state index in [1.165, 1.54) is 6.07 Å². The van der Waals surface area contributed by atoms with Crippen molar-refractivity contribution in [1.29, 1.82) is 0 Å². The number of halogens is 1. The number of hydrogen-bond donors (Lipinski definition) is 0. The highest BCUT2D eigenvalue weighted by Gasteiger charge is 2.09. The van der Waals surface area contributed by atoms with Gasteiger partial charge in [-0.2, -0.15) is 0 Å². The highest BCUT2D eigenvalue weighted by atomic mass is 19.1. The zero-order valence-corrected chi connectivity index (χ0v) is 11.2. The fourth-order valence-electron chi connectivity index (χ4n) is 2.12. The first-order chi connectivity index (χ1) is 9.06. The Bertz CT molecular complexity index is 633. The third-order valence-corrected chi connectivity index (χ3v) is 3.18. The maximum absolute atomic E-state index is 13.3. The summed E-state index contributed by atoms with van der Waals surface area (Å²) >= 11 is 0. The van der Waals surface area contributed by atoms with Crippen LogP contribution in [-0.4, -0.2) is 13.4 Å². The van der Waals surface area contributed by atoms with E-state index in [0.29, 0.717) is 6.29 Å². The molecule has 0 radical (unpaired) electrons. The maximum atomic E-state index is 13.3. The molecule has 0 bridgehead atoms. The van der Waals surface area contributed by atoms with Gasteiger partial charge in [0.1, 0.15) is 11.6 Å². The highest BCUT2D eigenvalue weighted by Crippen LogP contribution is 2.30. The molecular weight excluding hydrogens is 243 g/mol. The van der Waals surface area contributed by atoms with Crippen molar-refractivity contribution in [2.45, 2.75) is 13.8 Å². The molecule has 0 aliphatic carbocycles. The van der Waals surface area contributed by atoms with Gasteiger partial charge in [-0.15, -0.1) is 0 Å². The molecule has 0 aromatic heterocycles. The van der Waals surface area contributed by atoms with Crippen molar-refractivity contribution in [3.8, 4) is 16.9 Å². The van der Waals surface area contributed by atoms with Crippen molar-refractivity contribution in [2.75, 3.05) is 7.11 Å². The van der Waals surface area contributed by atoms with Crippen molar-refractivity contribution < 1.29 is 13.9 Å². The van der Waals surface area contributed by atoms with Crippen LogP contribution in [0.2, 0.25) is 0 Å². The molecule has 0 atom stereocenters. The Morgan fingerprint density at radius 3 is 2.47 bits per heavy atom. The standard InChI is InChI=1S/C16H15FO2/c1-10-7-16(19-3)11(2)6-14(10)12-4-5-15(17)13(8-12)9-18/h4-9H,1-3H3. The molecule has 0 unspecified atom stereocenters. The van der Waals surface area contributed by atoms with Crippen LogP contribution < -0.4 is 4.74 Å². The van der Waals surface area contributed by atoms with E-state index in [9.17, 15) is 9.18 Å². The first kappa shape index (κ1) is 13.3. The van der Waals surface area contributed by atoms with Gasteiger partial charge in [-0.25, -0.2) is 4.39 Å². The lowest BCUT2D eigenvalue weighted by Crippen LogP contribution is -1.93. The fourth-order valence-corrected chi connectivity index (χ4v) is 2.12. The third-order valence-electron chi connectivity index (χ3n) is 3.18. The van der Waals surface area contributed by atoms with Crippen molar-refractivity contribution in [3.05, 3.63) is 52.8 Å². The molecule has 2 nitrogen and oxygen atoms in total. The Morgan fingerprint density at radius 1 is 1.11 bits per heavy atom. The van der Waals surface area contributed by atoms with E-state index in [1.807, 2.05) is 26.0 Å². The van der Waals surface area contributed by atoms with Crippen LogP contribution in [0.5, 0.6) is 5.75 Å². The molecule has 3 heteroatoms. The lowest BCUT2D eigenvalue weighted by Gasteiger charge is -2.12. The first-order valence-corrected chi connectivity index (χ1v) is 5.97. The van der Waals surface area contributed by atoms with Gasteiger partial charge >= 0.3 is 0 Å². The van der Waals surface area contributed by atoms with Gasteiger partial charge in [0, 0.05) is 0 Å². The largest absolute Gasteiger partial charge is 0.496 e. The summed E-state index contributed by atoms with van der Waals surface area (Å²) in [6, 6.07) is 8.48. The summed E-state index contributed by atoms with van der Waals surface area (Å²) in [6.45, 7) is 3.91. The number of rotatable bonds is 3. The van der Waals surface area contributed by atoms with Gasteiger partial charge < -0.3 is 4.74 Å². The number of carbonyl (C=O) groups excluding carboxylic acids is 1. The van der Waals surface area contributed by atoms with E-state index in [4.69, 9.17) is 4.74 Å². The molecule has 2 aromatic rings. The molecule has 0 saturated heterocycles. The normalized spacial score (nSPS) is 10.3. The van der Waals surface area contributed by atoms with Gasteiger partial charge in [-0.3, -0.25) is 4.79 Å².